The molecule has 6 nitrogen and oxygen atoms in total. The maximum absolute atomic E-state index is 11.5. The maximum atomic E-state index is 11.5. The van der Waals surface area contributed by atoms with Crippen LogP contribution < -0.4 is 10.1 Å². The number of methoxy groups -OCH3 is 1. The summed E-state index contributed by atoms with van der Waals surface area (Å²) in [4.78, 5) is 33.6. The number of rotatable bonds is 3. The molecule has 0 radical (unpaired) electrons. The van der Waals surface area contributed by atoms with Gasteiger partial charge in [-0.1, -0.05) is 6.07 Å². The van der Waals surface area contributed by atoms with E-state index in [0.29, 0.717) is 0 Å². The lowest BCUT2D eigenvalue weighted by atomic mass is 10.1. The van der Waals surface area contributed by atoms with Gasteiger partial charge >= 0.3 is 11.9 Å². The van der Waals surface area contributed by atoms with Crippen molar-refractivity contribution in [1.29, 1.82) is 0 Å². The van der Waals surface area contributed by atoms with Gasteiger partial charge in [-0.2, -0.15) is 0 Å². The maximum Gasteiger partial charge on any atom is 0.340 e. The average molecular weight is 251 g/mol. The molecule has 0 saturated carbocycles. The van der Waals surface area contributed by atoms with E-state index in [1.165, 1.54) is 39.2 Å². The first kappa shape index (κ1) is 13.7. The zero-order valence-corrected chi connectivity index (χ0v) is 10.3. The molecule has 0 aliphatic rings. The van der Waals surface area contributed by atoms with Gasteiger partial charge in [0.05, 0.1) is 18.4 Å². The molecule has 1 aromatic carbocycles. The highest BCUT2D eigenvalue weighted by molar-refractivity contribution is 6.02. The summed E-state index contributed by atoms with van der Waals surface area (Å²) in [6.07, 6.45) is 0. The van der Waals surface area contributed by atoms with E-state index in [-0.39, 0.29) is 22.9 Å². The van der Waals surface area contributed by atoms with E-state index in [0.717, 1.165) is 0 Å². The smallest absolute Gasteiger partial charge is 0.340 e. The molecule has 0 unspecified atom stereocenters. The van der Waals surface area contributed by atoms with Gasteiger partial charge in [-0.3, -0.25) is 9.59 Å². The lowest BCUT2D eigenvalue weighted by Crippen LogP contribution is -2.14. The highest BCUT2D eigenvalue weighted by Crippen LogP contribution is 2.29. The third-order valence-corrected chi connectivity index (χ3v) is 1.99. The fourth-order valence-electron chi connectivity index (χ4n) is 1.36. The van der Waals surface area contributed by atoms with Crippen LogP contribution in [0.5, 0.6) is 5.75 Å². The predicted molar refractivity (Wildman–Crippen MR) is 63.4 cm³/mol. The molecule has 0 aliphatic carbocycles. The Morgan fingerprint density at radius 2 is 1.83 bits per heavy atom. The summed E-state index contributed by atoms with van der Waals surface area (Å²) in [5.41, 5.74) is 0.235. The Morgan fingerprint density at radius 1 is 1.17 bits per heavy atom. The molecule has 0 heterocycles. The van der Waals surface area contributed by atoms with E-state index in [9.17, 15) is 14.4 Å². The fourth-order valence-corrected chi connectivity index (χ4v) is 1.36. The standard InChI is InChI=1S/C12H13NO5/c1-7(14)13-11-9(12(16)17-3)5-4-6-10(11)18-8(2)15/h4-6H,1-3H3,(H,13,14). The van der Waals surface area contributed by atoms with Crippen LogP contribution in [0.1, 0.15) is 24.2 Å². The number of benzene rings is 1. The van der Waals surface area contributed by atoms with Crippen LogP contribution in [-0.2, 0) is 14.3 Å². The molecule has 0 fully saturated rings. The van der Waals surface area contributed by atoms with E-state index in [1.807, 2.05) is 0 Å². The average Bonchev–Trinajstić information content (AvgIpc) is 2.29. The largest absolute Gasteiger partial charge is 0.465 e. The minimum absolute atomic E-state index is 0.0978. The number of amides is 1. The SMILES string of the molecule is COC(=O)c1cccc(OC(C)=O)c1NC(C)=O. The monoisotopic (exact) mass is 251 g/mol. The van der Waals surface area contributed by atoms with E-state index in [4.69, 9.17) is 4.74 Å². The van der Waals surface area contributed by atoms with Crippen LogP contribution in [0.3, 0.4) is 0 Å². The number of esters is 2. The van der Waals surface area contributed by atoms with E-state index in [2.05, 4.69) is 10.1 Å². The summed E-state index contributed by atoms with van der Waals surface area (Å²) in [6, 6.07) is 4.46. The van der Waals surface area contributed by atoms with Gasteiger partial charge in [0.25, 0.3) is 0 Å². The number of hydrogen-bond acceptors (Lipinski definition) is 5. The number of para-hydroxylation sites is 1. The number of anilines is 1. The van der Waals surface area contributed by atoms with Gasteiger partial charge in [-0.15, -0.1) is 0 Å². The molecule has 0 spiro atoms. The summed E-state index contributed by atoms with van der Waals surface area (Å²) < 4.78 is 9.51. The van der Waals surface area contributed by atoms with Crippen LogP contribution in [0.2, 0.25) is 0 Å². The van der Waals surface area contributed by atoms with Crippen LogP contribution >= 0.6 is 0 Å². The molecule has 0 bridgehead atoms. The van der Waals surface area contributed by atoms with Crippen molar-refractivity contribution in [2.24, 2.45) is 0 Å². The second-order valence-electron chi connectivity index (χ2n) is 3.45. The van der Waals surface area contributed by atoms with Gasteiger partial charge in [-0.25, -0.2) is 4.79 Å². The van der Waals surface area contributed by atoms with E-state index >= 15 is 0 Å². The Hall–Kier alpha value is -2.37. The molecular formula is C12H13NO5. The summed E-state index contributed by atoms with van der Waals surface area (Å²) >= 11 is 0. The topological polar surface area (TPSA) is 81.7 Å². The van der Waals surface area contributed by atoms with Crippen molar-refractivity contribution in [3.05, 3.63) is 23.8 Å². The number of hydrogen-bond donors (Lipinski definition) is 1. The lowest BCUT2D eigenvalue weighted by molar-refractivity contribution is -0.131. The number of carbonyl (C=O) groups excluding carboxylic acids is 3. The molecule has 6 heteroatoms. The molecule has 1 amide bonds. The molecule has 1 N–H and O–H groups in total. The van der Waals surface area contributed by atoms with Crippen molar-refractivity contribution in [3.63, 3.8) is 0 Å². The van der Waals surface area contributed by atoms with Gasteiger partial charge < -0.3 is 14.8 Å². The third-order valence-electron chi connectivity index (χ3n) is 1.99. The first-order valence-electron chi connectivity index (χ1n) is 5.13. The Bertz CT molecular complexity index is 495. The van der Waals surface area contributed by atoms with E-state index < -0.39 is 11.9 Å². The van der Waals surface area contributed by atoms with Crippen LogP contribution in [0, 0.1) is 0 Å². The Labute approximate surface area is 104 Å². The minimum Gasteiger partial charge on any atom is -0.465 e. The van der Waals surface area contributed by atoms with Crippen molar-refractivity contribution >= 4 is 23.5 Å². The number of carbonyl (C=O) groups is 3. The molecule has 18 heavy (non-hydrogen) atoms. The molecule has 1 rings (SSSR count). The van der Waals surface area contributed by atoms with Gasteiger partial charge in [0.2, 0.25) is 5.91 Å². The van der Waals surface area contributed by atoms with Crippen LogP contribution in [0.25, 0.3) is 0 Å². The third kappa shape index (κ3) is 3.31. The molecule has 0 aliphatic heterocycles. The zero-order valence-electron chi connectivity index (χ0n) is 10.3. The molecule has 96 valence electrons. The Balaban J connectivity index is 3.29. The van der Waals surface area contributed by atoms with Crippen LogP contribution in [0.15, 0.2) is 18.2 Å². The summed E-state index contributed by atoms with van der Waals surface area (Å²) in [6.45, 7) is 2.51. The molecule has 1 aromatic rings. The van der Waals surface area contributed by atoms with Crippen molar-refractivity contribution < 1.29 is 23.9 Å². The van der Waals surface area contributed by atoms with Crippen molar-refractivity contribution in [1.82, 2.24) is 0 Å². The van der Waals surface area contributed by atoms with Gasteiger partial charge in [0.15, 0.2) is 5.75 Å². The lowest BCUT2D eigenvalue weighted by Gasteiger charge is -2.12. The van der Waals surface area contributed by atoms with Gasteiger partial charge in [0, 0.05) is 13.8 Å². The normalized spacial score (nSPS) is 9.50. The van der Waals surface area contributed by atoms with Crippen LogP contribution in [-0.4, -0.2) is 25.0 Å². The van der Waals surface area contributed by atoms with Crippen molar-refractivity contribution in [3.8, 4) is 5.75 Å². The molecule has 0 saturated heterocycles. The first-order valence-corrected chi connectivity index (χ1v) is 5.13. The Morgan fingerprint density at radius 3 is 2.33 bits per heavy atom. The quantitative estimate of drug-likeness (QED) is 0.647. The number of nitrogens with one attached hydrogen (secondary N) is 1. The molecule has 0 aromatic heterocycles. The molecular weight excluding hydrogens is 238 g/mol. The van der Waals surface area contributed by atoms with Crippen molar-refractivity contribution in [2.45, 2.75) is 13.8 Å². The second kappa shape index (κ2) is 5.81. The predicted octanol–water partition coefficient (Wildman–Crippen LogP) is 1.36. The number of ether oxygens (including phenoxy) is 2. The van der Waals surface area contributed by atoms with Crippen molar-refractivity contribution in [2.75, 3.05) is 12.4 Å². The Kier molecular flexibility index (Phi) is 4.42. The summed E-state index contributed by atoms with van der Waals surface area (Å²) in [5.74, 6) is -1.48. The minimum atomic E-state index is -0.632. The van der Waals surface area contributed by atoms with Gasteiger partial charge in [-0.05, 0) is 12.1 Å². The summed E-state index contributed by atoms with van der Waals surface area (Å²) in [7, 11) is 1.22. The summed E-state index contributed by atoms with van der Waals surface area (Å²) in [5, 5.41) is 2.45. The second-order valence-corrected chi connectivity index (χ2v) is 3.45. The molecule has 0 atom stereocenters. The highest BCUT2D eigenvalue weighted by atomic mass is 16.5. The van der Waals surface area contributed by atoms with E-state index in [1.54, 1.807) is 0 Å². The van der Waals surface area contributed by atoms with Gasteiger partial charge in [0.1, 0.15) is 0 Å². The zero-order chi connectivity index (χ0) is 13.7. The highest BCUT2D eigenvalue weighted by Gasteiger charge is 2.18. The fraction of sp³-hybridized carbons (Fsp3) is 0.250. The van der Waals surface area contributed by atoms with Crippen LogP contribution in [0.4, 0.5) is 5.69 Å². The first-order chi connectivity index (χ1) is 8.45.